The van der Waals surface area contributed by atoms with Gasteiger partial charge in [-0.1, -0.05) is 47.4 Å². The standard InChI is InChI=1S/C14H16N2O2S2/c1-2-5-11-6-3-4-7-13(11)18-8-12(17)9-19-14-16-15-10-20-14/h2-4,6-7,10,12,17H,1,5,8-9H2. The maximum Gasteiger partial charge on any atom is 0.174 e. The summed E-state index contributed by atoms with van der Waals surface area (Å²) in [6.07, 6.45) is 2.05. The van der Waals surface area contributed by atoms with Crippen molar-refractivity contribution in [3.63, 3.8) is 0 Å². The first-order valence-corrected chi connectivity index (χ1v) is 8.04. The van der Waals surface area contributed by atoms with Gasteiger partial charge in [0.15, 0.2) is 4.34 Å². The molecule has 0 fully saturated rings. The fraction of sp³-hybridized carbons (Fsp3) is 0.286. The number of hydrogen-bond acceptors (Lipinski definition) is 6. The highest BCUT2D eigenvalue weighted by atomic mass is 32.2. The van der Waals surface area contributed by atoms with Gasteiger partial charge in [-0.3, -0.25) is 0 Å². The minimum atomic E-state index is -0.541. The van der Waals surface area contributed by atoms with Crippen LogP contribution < -0.4 is 4.74 Å². The molecule has 106 valence electrons. The summed E-state index contributed by atoms with van der Waals surface area (Å²) in [6, 6.07) is 7.79. The van der Waals surface area contributed by atoms with E-state index in [9.17, 15) is 5.11 Å². The van der Waals surface area contributed by atoms with Gasteiger partial charge in [0.1, 0.15) is 17.9 Å². The maximum absolute atomic E-state index is 9.92. The van der Waals surface area contributed by atoms with Crippen LogP contribution in [0.25, 0.3) is 0 Å². The predicted octanol–water partition coefficient (Wildman–Crippen LogP) is 2.80. The Kier molecular flexibility index (Phi) is 6.04. The number of hydrogen-bond donors (Lipinski definition) is 1. The smallest absolute Gasteiger partial charge is 0.174 e. The van der Waals surface area contributed by atoms with Gasteiger partial charge in [0.2, 0.25) is 0 Å². The molecule has 2 rings (SSSR count). The number of allylic oxidation sites excluding steroid dienone is 1. The van der Waals surface area contributed by atoms with Gasteiger partial charge in [-0.25, -0.2) is 0 Å². The van der Waals surface area contributed by atoms with E-state index in [-0.39, 0.29) is 6.61 Å². The zero-order chi connectivity index (χ0) is 14.2. The minimum Gasteiger partial charge on any atom is -0.491 e. The molecule has 1 aromatic heterocycles. The van der Waals surface area contributed by atoms with E-state index in [0.29, 0.717) is 5.75 Å². The van der Waals surface area contributed by atoms with Crippen LogP contribution in [0, 0.1) is 0 Å². The summed E-state index contributed by atoms with van der Waals surface area (Å²) in [6.45, 7) is 3.99. The SMILES string of the molecule is C=CCc1ccccc1OCC(O)CSc1nncs1. The lowest BCUT2D eigenvalue weighted by molar-refractivity contribution is 0.126. The molecule has 0 aliphatic rings. The van der Waals surface area contributed by atoms with Crippen LogP contribution in [0.3, 0.4) is 0 Å². The zero-order valence-corrected chi connectivity index (χ0v) is 12.6. The van der Waals surface area contributed by atoms with Crippen molar-refractivity contribution in [1.82, 2.24) is 10.2 Å². The summed E-state index contributed by atoms with van der Waals surface area (Å²) in [5.41, 5.74) is 2.75. The third kappa shape index (κ3) is 4.63. The van der Waals surface area contributed by atoms with Gasteiger partial charge in [0.05, 0.1) is 6.10 Å². The fourth-order valence-corrected chi connectivity index (χ4v) is 3.02. The molecule has 1 atom stereocenters. The Balaban J connectivity index is 1.80. The lowest BCUT2D eigenvalue weighted by Crippen LogP contribution is -2.20. The van der Waals surface area contributed by atoms with Gasteiger partial charge in [-0.2, -0.15) is 0 Å². The van der Waals surface area contributed by atoms with Crippen molar-refractivity contribution in [2.24, 2.45) is 0 Å². The summed E-state index contributed by atoms with van der Waals surface area (Å²) in [5, 5.41) is 17.6. The average Bonchev–Trinajstić information content (AvgIpc) is 2.98. The molecule has 4 nitrogen and oxygen atoms in total. The molecule has 2 aromatic rings. The Hall–Kier alpha value is -1.37. The Bertz CT molecular complexity index is 532. The first kappa shape index (κ1) is 15.0. The van der Waals surface area contributed by atoms with Crippen molar-refractivity contribution in [3.05, 3.63) is 48.0 Å². The van der Waals surface area contributed by atoms with Gasteiger partial charge in [0.25, 0.3) is 0 Å². The van der Waals surface area contributed by atoms with E-state index in [2.05, 4.69) is 16.8 Å². The third-order valence-corrected chi connectivity index (χ3v) is 4.51. The molecular formula is C14H16N2O2S2. The Labute approximate surface area is 126 Å². The molecule has 0 aliphatic carbocycles. The van der Waals surface area contributed by atoms with Crippen molar-refractivity contribution in [2.45, 2.75) is 16.9 Å². The van der Waals surface area contributed by atoms with Gasteiger partial charge in [0, 0.05) is 5.75 Å². The van der Waals surface area contributed by atoms with E-state index in [1.54, 1.807) is 5.51 Å². The Morgan fingerprint density at radius 1 is 1.45 bits per heavy atom. The number of nitrogens with zero attached hydrogens (tertiary/aromatic N) is 2. The summed E-state index contributed by atoms with van der Waals surface area (Å²) >= 11 is 2.95. The Morgan fingerprint density at radius 3 is 3.05 bits per heavy atom. The van der Waals surface area contributed by atoms with E-state index >= 15 is 0 Å². The summed E-state index contributed by atoms with van der Waals surface area (Å²) in [7, 11) is 0. The van der Waals surface area contributed by atoms with Gasteiger partial charge in [-0.05, 0) is 18.1 Å². The quantitative estimate of drug-likeness (QED) is 0.600. The maximum atomic E-state index is 9.92. The van der Waals surface area contributed by atoms with Crippen molar-refractivity contribution in [2.75, 3.05) is 12.4 Å². The van der Waals surface area contributed by atoms with Crippen LogP contribution in [0.4, 0.5) is 0 Å². The number of aromatic nitrogens is 2. The first-order valence-electron chi connectivity index (χ1n) is 6.18. The number of para-hydroxylation sites is 1. The average molecular weight is 308 g/mol. The lowest BCUT2D eigenvalue weighted by Gasteiger charge is -2.13. The monoisotopic (exact) mass is 308 g/mol. The molecule has 1 heterocycles. The normalized spacial score (nSPS) is 12.1. The number of benzene rings is 1. The number of rotatable bonds is 8. The van der Waals surface area contributed by atoms with Crippen LogP contribution in [0.15, 0.2) is 46.8 Å². The van der Waals surface area contributed by atoms with Crippen molar-refractivity contribution in [3.8, 4) is 5.75 Å². The van der Waals surface area contributed by atoms with Crippen LogP contribution in [-0.2, 0) is 6.42 Å². The molecule has 0 amide bonds. The molecule has 1 N–H and O–H groups in total. The van der Waals surface area contributed by atoms with E-state index < -0.39 is 6.10 Å². The second-order valence-electron chi connectivity index (χ2n) is 4.08. The summed E-state index contributed by atoms with van der Waals surface area (Å²) < 4.78 is 6.54. The van der Waals surface area contributed by atoms with Gasteiger partial charge < -0.3 is 9.84 Å². The lowest BCUT2D eigenvalue weighted by atomic mass is 10.1. The third-order valence-electron chi connectivity index (χ3n) is 2.51. The topological polar surface area (TPSA) is 55.2 Å². The number of aliphatic hydroxyl groups excluding tert-OH is 1. The highest BCUT2D eigenvalue weighted by Gasteiger charge is 2.09. The second-order valence-corrected chi connectivity index (χ2v) is 6.18. The van der Waals surface area contributed by atoms with Gasteiger partial charge in [-0.15, -0.1) is 16.8 Å². The molecule has 6 heteroatoms. The number of ether oxygens (including phenoxy) is 1. The molecule has 0 radical (unpaired) electrons. The fourth-order valence-electron chi connectivity index (χ4n) is 1.60. The van der Waals surface area contributed by atoms with E-state index in [0.717, 1.165) is 22.1 Å². The van der Waals surface area contributed by atoms with Crippen LogP contribution in [0.5, 0.6) is 5.75 Å². The van der Waals surface area contributed by atoms with Crippen LogP contribution in [-0.4, -0.2) is 33.8 Å². The molecule has 0 bridgehead atoms. The molecule has 0 saturated carbocycles. The van der Waals surface area contributed by atoms with Crippen molar-refractivity contribution < 1.29 is 9.84 Å². The van der Waals surface area contributed by atoms with Crippen LogP contribution in [0.1, 0.15) is 5.56 Å². The molecule has 1 unspecified atom stereocenters. The van der Waals surface area contributed by atoms with Crippen LogP contribution in [0.2, 0.25) is 0 Å². The molecule has 1 aromatic carbocycles. The van der Waals surface area contributed by atoms with E-state index in [1.165, 1.54) is 23.1 Å². The molecule has 0 spiro atoms. The predicted molar refractivity (Wildman–Crippen MR) is 82.5 cm³/mol. The van der Waals surface area contributed by atoms with Crippen molar-refractivity contribution >= 4 is 23.1 Å². The highest BCUT2D eigenvalue weighted by Crippen LogP contribution is 2.21. The largest absolute Gasteiger partial charge is 0.491 e. The molecule has 20 heavy (non-hydrogen) atoms. The van der Waals surface area contributed by atoms with E-state index in [1.807, 2.05) is 30.3 Å². The summed E-state index contributed by atoms with van der Waals surface area (Å²) in [5.74, 6) is 1.34. The Morgan fingerprint density at radius 2 is 2.30 bits per heavy atom. The second kappa shape index (κ2) is 8.04. The first-order chi connectivity index (χ1) is 9.79. The minimum absolute atomic E-state index is 0.264. The molecular weight excluding hydrogens is 292 g/mol. The zero-order valence-electron chi connectivity index (χ0n) is 10.9. The number of aliphatic hydroxyl groups is 1. The highest BCUT2D eigenvalue weighted by molar-refractivity contribution is 8.01. The van der Waals surface area contributed by atoms with Crippen molar-refractivity contribution in [1.29, 1.82) is 0 Å². The van der Waals surface area contributed by atoms with Crippen LogP contribution >= 0.6 is 23.1 Å². The molecule has 0 saturated heterocycles. The summed E-state index contributed by atoms with van der Waals surface area (Å²) in [4.78, 5) is 0. The van der Waals surface area contributed by atoms with E-state index in [4.69, 9.17) is 4.74 Å². The van der Waals surface area contributed by atoms with Gasteiger partial charge >= 0.3 is 0 Å². The molecule has 0 aliphatic heterocycles. The number of thioether (sulfide) groups is 1.